The fourth-order valence-corrected chi connectivity index (χ4v) is 2.35. The van der Waals surface area contributed by atoms with E-state index in [1.807, 2.05) is 34.6 Å². The van der Waals surface area contributed by atoms with E-state index in [1.54, 1.807) is 6.20 Å². The van der Waals surface area contributed by atoms with Gasteiger partial charge in [-0.2, -0.15) is 0 Å². The second-order valence-corrected chi connectivity index (χ2v) is 6.49. The summed E-state index contributed by atoms with van der Waals surface area (Å²) < 4.78 is 5.24. The Bertz CT molecular complexity index is 467. The number of thioether (sulfide) groups is 1. The van der Waals surface area contributed by atoms with Gasteiger partial charge in [-0.15, -0.1) is 11.8 Å². The molecule has 0 radical (unpaired) electrons. The standard InChI is InChI=1S/C14H22N2O2S/c1-9-6-16-11(10(2)13(9)15)7-19-8-12(17)18-14(3,4)5/h6H,7-8H2,1-5H3,(H2,15,16). The van der Waals surface area contributed by atoms with Crippen molar-refractivity contribution >= 4 is 23.4 Å². The van der Waals surface area contributed by atoms with Gasteiger partial charge in [0, 0.05) is 17.6 Å². The molecule has 5 heteroatoms. The second-order valence-electron chi connectivity index (χ2n) is 5.51. The third-order valence-corrected chi connectivity index (χ3v) is 3.47. The summed E-state index contributed by atoms with van der Waals surface area (Å²) in [6, 6.07) is 0. The number of anilines is 1. The number of carbonyl (C=O) groups is 1. The minimum absolute atomic E-state index is 0.199. The van der Waals surface area contributed by atoms with Crippen LogP contribution >= 0.6 is 11.8 Å². The van der Waals surface area contributed by atoms with Crippen LogP contribution in [-0.4, -0.2) is 22.3 Å². The van der Waals surface area contributed by atoms with E-state index in [0.29, 0.717) is 11.5 Å². The first-order chi connectivity index (χ1) is 8.70. The number of hydrogen-bond acceptors (Lipinski definition) is 5. The highest BCUT2D eigenvalue weighted by Gasteiger charge is 2.16. The molecular weight excluding hydrogens is 260 g/mol. The first kappa shape index (κ1) is 15.8. The van der Waals surface area contributed by atoms with Gasteiger partial charge in [-0.25, -0.2) is 0 Å². The van der Waals surface area contributed by atoms with Crippen LogP contribution in [0.1, 0.15) is 37.6 Å². The van der Waals surface area contributed by atoms with E-state index in [-0.39, 0.29) is 5.97 Å². The molecule has 0 aliphatic carbocycles. The zero-order valence-corrected chi connectivity index (χ0v) is 13.1. The number of esters is 1. The zero-order valence-electron chi connectivity index (χ0n) is 12.2. The summed E-state index contributed by atoms with van der Waals surface area (Å²) in [5, 5.41) is 0. The molecule has 0 aliphatic heterocycles. The number of aryl methyl sites for hydroxylation is 1. The third kappa shape index (κ3) is 5.11. The summed E-state index contributed by atoms with van der Waals surface area (Å²) in [6.07, 6.45) is 1.77. The molecule has 0 aromatic carbocycles. The Labute approximate surface area is 119 Å². The summed E-state index contributed by atoms with van der Waals surface area (Å²) in [5.41, 5.74) is 9.22. The summed E-state index contributed by atoms with van der Waals surface area (Å²) in [7, 11) is 0. The molecule has 4 nitrogen and oxygen atoms in total. The van der Waals surface area contributed by atoms with Crippen LogP contribution in [0, 0.1) is 13.8 Å². The van der Waals surface area contributed by atoms with Crippen LogP contribution < -0.4 is 5.73 Å². The lowest BCUT2D eigenvalue weighted by Gasteiger charge is -2.19. The van der Waals surface area contributed by atoms with Crippen molar-refractivity contribution in [1.29, 1.82) is 0 Å². The van der Waals surface area contributed by atoms with Crippen molar-refractivity contribution in [3.05, 3.63) is 23.0 Å². The van der Waals surface area contributed by atoms with Gasteiger partial charge in [-0.1, -0.05) is 0 Å². The Hall–Kier alpha value is -1.23. The summed E-state index contributed by atoms with van der Waals surface area (Å²) in [6.45, 7) is 9.48. The first-order valence-corrected chi connectivity index (χ1v) is 7.36. The van der Waals surface area contributed by atoms with Crippen molar-refractivity contribution in [2.75, 3.05) is 11.5 Å². The predicted molar refractivity (Wildman–Crippen MR) is 80.1 cm³/mol. The van der Waals surface area contributed by atoms with Gasteiger partial charge in [0.05, 0.1) is 11.4 Å². The summed E-state index contributed by atoms with van der Waals surface area (Å²) in [4.78, 5) is 15.9. The maximum absolute atomic E-state index is 11.6. The molecule has 0 aliphatic rings. The van der Waals surface area contributed by atoms with E-state index in [9.17, 15) is 4.79 Å². The van der Waals surface area contributed by atoms with Crippen molar-refractivity contribution in [2.24, 2.45) is 0 Å². The highest BCUT2D eigenvalue weighted by molar-refractivity contribution is 7.99. The lowest BCUT2D eigenvalue weighted by molar-refractivity contribution is -0.151. The molecule has 2 N–H and O–H groups in total. The lowest BCUT2D eigenvalue weighted by atomic mass is 10.1. The van der Waals surface area contributed by atoms with Gasteiger partial charge in [0.15, 0.2) is 0 Å². The van der Waals surface area contributed by atoms with Gasteiger partial charge >= 0.3 is 5.97 Å². The van der Waals surface area contributed by atoms with Crippen molar-refractivity contribution in [3.63, 3.8) is 0 Å². The summed E-state index contributed by atoms with van der Waals surface area (Å²) in [5.74, 6) is 0.789. The van der Waals surface area contributed by atoms with Gasteiger partial charge in [-0.3, -0.25) is 9.78 Å². The van der Waals surface area contributed by atoms with Crippen LogP contribution in [-0.2, 0) is 15.3 Å². The lowest BCUT2D eigenvalue weighted by Crippen LogP contribution is -2.25. The number of pyridine rings is 1. The second kappa shape index (κ2) is 6.28. The van der Waals surface area contributed by atoms with Crippen molar-refractivity contribution in [1.82, 2.24) is 4.98 Å². The van der Waals surface area contributed by atoms with E-state index in [4.69, 9.17) is 10.5 Å². The van der Waals surface area contributed by atoms with E-state index in [0.717, 1.165) is 22.5 Å². The highest BCUT2D eigenvalue weighted by Crippen LogP contribution is 2.22. The minimum Gasteiger partial charge on any atom is -0.459 e. The maximum Gasteiger partial charge on any atom is 0.316 e. The molecule has 0 unspecified atom stereocenters. The molecule has 0 fully saturated rings. The number of carbonyl (C=O) groups excluding carboxylic acids is 1. The molecule has 1 aromatic heterocycles. The molecule has 0 amide bonds. The van der Waals surface area contributed by atoms with Crippen LogP contribution in [0.2, 0.25) is 0 Å². The van der Waals surface area contributed by atoms with Crippen LogP contribution in [0.4, 0.5) is 5.69 Å². The number of nitrogens with two attached hydrogens (primary N) is 1. The molecule has 106 valence electrons. The highest BCUT2D eigenvalue weighted by atomic mass is 32.2. The smallest absolute Gasteiger partial charge is 0.316 e. The van der Waals surface area contributed by atoms with Gasteiger partial charge in [0.25, 0.3) is 0 Å². The molecule has 0 spiro atoms. The number of ether oxygens (including phenoxy) is 1. The van der Waals surface area contributed by atoms with E-state index in [2.05, 4.69) is 4.98 Å². The Morgan fingerprint density at radius 2 is 2.05 bits per heavy atom. The minimum atomic E-state index is -0.430. The number of rotatable bonds is 4. The first-order valence-electron chi connectivity index (χ1n) is 6.21. The van der Waals surface area contributed by atoms with E-state index < -0.39 is 5.60 Å². The van der Waals surface area contributed by atoms with E-state index in [1.165, 1.54) is 11.8 Å². The molecule has 1 rings (SSSR count). The van der Waals surface area contributed by atoms with Gasteiger partial charge in [-0.05, 0) is 45.7 Å². The quantitative estimate of drug-likeness (QED) is 0.860. The number of aromatic nitrogens is 1. The Morgan fingerprint density at radius 1 is 1.42 bits per heavy atom. The van der Waals surface area contributed by atoms with Gasteiger partial charge in [0.1, 0.15) is 5.60 Å². The Morgan fingerprint density at radius 3 is 2.63 bits per heavy atom. The Balaban J connectivity index is 2.50. The normalized spacial score (nSPS) is 11.4. The van der Waals surface area contributed by atoms with Crippen molar-refractivity contribution < 1.29 is 9.53 Å². The largest absolute Gasteiger partial charge is 0.459 e. The number of nitrogen functional groups attached to an aromatic ring is 1. The average molecular weight is 282 g/mol. The van der Waals surface area contributed by atoms with Crippen molar-refractivity contribution in [3.8, 4) is 0 Å². The molecule has 1 aromatic rings. The fourth-order valence-electron chi connectivity index (χ4n) is 1.54. The molecule has 1 heterocycles. The topological polar surface area (TPSA) is 65.2 Å². The molecular formula is C14H22N2O2S. The molecule has 0 saturated carbocycles. The summed E-state index contributed by atoms with van der Waals surface area (Å²) >= 11 is 1.49. The van der Waals surface area contributed by atoms with E-state index >= 15 is 0 Å². The fraction of sp³-hybridized carbons (Fsp3) is 0.571. The van der Waals surface area contributed by atoms with Crippen molar-refractivity contribution in [2.45, 2.75) is 46.0 Å². The van der Waals surface area contributed by atoms with Crippen LogP contribution in [0.15, 0.2) is 6.20 Å². The SMILES string of the molecule is Cc1cnc(CSCC(=O)OC(C)(C)C)c(C)c1N. The van der Waals surface area contributed by atoms with Gasteiger partial charge in [0.2, 0.25) is 0 Å². The Kier molecular flexibility index (Phi) is 5.23. The van der Waals surface area contributed by atoms with Gasteiger partial charge < -0.3 is 10.5 Å². The third-order valence-electron chi connectivity index (χ3n) is 2.55. The molecule has 0 bridgehead atoms. The monoisotopic (exact) mass is 282 g/mol. The molecule has 19 heavy (non-hydrogen) atoms. The molecule has 0 atom stereocenters. The average Bonchev–Trinajstić information content (AvgIpc) is 2.27. The zero-order chi connectivity index (χ0) is 14.6. The van der Waals surface area contributed by atoms with Crippen LogP contribution in [0.25, 0.3) is 0 Å². The van der Waals surface area contributed by atoms with Crippen LogP contribution in [0.3, 0.4) is 0 Å². The van der Waals surface area contributed by atoms with Crippen LogP contribution in [0.5, 0.6) is 0 Å². The molecule has 0 saturated heterocycles. The predicted octanol–water partition coefficient (Wildman–Crippen LogP) is 2.86. The number of nitrogens with zero attached hydrogens (tertiary/aromatic N) is 1. The maximum atomic E-state index is 11.6. The number of hydrogen-bond donors (Lipinski definition) is 1.